The Morgan fingerprint density at radius 1 is 1.37 bits per heavy atom. The first-order chi connectivity index (χ1) is 14.6. The quantitative estimate of drug-likeness (QED) is 0.349. The molecule has 166 valence electrons. The predicted molar refractivity (Wildman–Crippen MR) is 118 cm³/mol. The normalized spacial score (nSPS) is 18.0. The maximum Gasteiger partial charge on any atom is 0.191 e. The van der Waals surface area contributed by atoms with Crippen molar-refractivity contribution < 1.29 is 4.74 Å². The predicted octanol–water partition coefficient (Wildman–Crippen LogP) is 1.85. The van der Waals surface area contributed by atoms with E-state index in [2.05, 4.69) is 62.0 Å². The number of hydrogen-bond acceptors (Lipinski definition) is 5. The average Bonchev–Trinajstić information content (AvgIpc) is 3.46. The molecular weight excluding hydrogens is 380 g/mol. The fourth-order valence-electron chi connectivity index (χ4n) is 3.80. The van der Waals surface area contributed by atoms with Gasteiger partial charge in [-0.15, -0.1) is 10.2 Å². The van der Waals surface area contributed by atoms with Crippen LogP contribution >= 0.6 is 0 Å². The number of aryl methyl sites for hydroxylation is 4. The van der Waals surface area contributed by atoms with Gasteiger partial charge in [-0.05, 0) is 46.1 Å². The van der Waals surface area contributed by atoms with Crippen molar-refractivity contribution in [2.75, 3.05) is 19.7 Å². The van der Waals surface area contributed by atoms with E-state index in [1.807, 2.05) is 6.92 Å². The van der Waals surface area contributed by atoms with Crippen molar-refractivity contribution in [2.24, 2.45) is 4.99 Å². The molecule has 0 aliphatic carbocycles. The number of nitrogens with one attached hydrogen (secondary N) is 2. The van der Waals surface area contributed by atoms with Crippen molar-refractivity contribution in [1.29, 1.82) is 0 Å². The molecule has 9 nitrogen and oxygen atoms in total. The summed E-state index contributed by atoms with van der Waals surface area (Å²) in [7, 11) is 0. The van der Waals surface area contributed by atoms with Gasteiger partial charge in [0.2, 0.25) is 0 Å². The summed E-state index contributed by atoms with van der Waals surface area (Å²) in [6.45, 7) is 12.4. The van der Waals surface area contributed by atoms with Gasteiger partial charge in [0.1, 0.15) is 12.2 Å². The zero-order chi connectivity index (χ0) is 21.3. The summed E-state index contributed by atoms with van der Waals surface area (Å²) in [5.74, 6) is 1.83. The van der Waals surface area contributed by atoms with Crippen LogP contribution in [0.25, 0.3) is 0 Å². The molecule has 1 fully saturated rings. The van der Waals surface area contributed by atoms with Crippen LogP contribution in [0.4, 0.5) is 0 Å². The number of rotatable bonds is 10. The van der Waals surface area contributed by atoms with Crippen LogP contribution in [0.3, 0.4) is 0 Å². The first kappa shape index (κ1) is 22.3. The minimum Gasteiger partial charge on any atom is -0.376 e. The van der Waals surface area contributed by atoms with E-state index in [-0.39, 0.29) is 12.1 Å². The Hall–Kier alpha value is -2.42. The molecule has 0 aromatic carbocycles. The minimum atomic E-state index is 0.218. The molecule has 1 aliphatic rings. The van der Waals surface area contributed by atoms with Crippen molar-refractivity contribution in [3.8, 4) is 0 Å². The van der Waals surface area contributed by atoms with Crippen LogP contribution in [0.5, 0.6) is 0 Å². The van der Waals surface area contributed by atoms with E-state index in [4.69, 9.17) is 9.73 Å². The zero-order valence-corrected chi connectivity index (χ0v) is 18.8. The Morgan fingerprint density at radius 2 is 2.23 bits per heavy atom. The number of nitrogens with zero attached hydrogens (tertiary/aromatic N) is 6. The highest BCUT2D eigenvalue weighted by Gasteiger charge is 2.23. The van der Waals surface area contributed by atoms with Gasteiger partial charge in [0.25, 0.3) is 0 Å². The molecule has 2 atom stereocenters. The summed E-state index contributed by atoms with van der Waals surface area (Å²) in [5, 5.41) is 19.7. The Morgan fingerprint density at radius 3 is 2.93 bits per heavy atom. The van der Waals surface area contributed by atoms with Gasteiger partial charge in [0.15, 0.2) is 5.96 Å². The van der Waals surface area contributed by atoms with Crippen LogP contribution in [0.1, 0.15) is 50.3 Å². The highest BCUT2D eigenvalue weighted by molar-refractivity contribution is 5.80. The van der Waals surface area contributed by atoms with Gasteiger partial charge in [-0.1, -0.05) is 6.92 Å². The number of aliphatic imine (C=N–C) groups is 1. The van der Waals surface area contributed by atoms with Crippen molar-refractivity contribution in [2.45, 2.75) is 78.6 Å². The SMILES string of the molecule is CCc1nncn1CCNC(=NCCCn1nc(C)cc1C)NC(C)C1CCCO1. The van der Waals surface area contributed by atoms with Crippen molar-refractivity contribution >= 4 is 5.96 Å². The van der Waals surface area contributed by atoms with E-state index in [0.717, 1.165) is 75.9 Å². The van der Waals surface area contributed by atoms with Crippen LogP contribution in [-0.4, -0.2) is 62.3 Å². The molecule has 2 aromatic heterocycles. The molecule has 9 heteroatoms. The lowest BCUT2D eigenvalue weighted by atomic mass is 10.1. The third-order valence-corrected chi connectivity index (χ3v) is 5.45. The Balaban J connectivity index is 1.53. The van der Waals surface area contributed by atoms with Crippen LogP contribution < -0.4 is 10.6 Å². The van der Waals surface area contributed by atoms with E-state index in [0.29, 0.717) is 0 Å². The van der Waals surface area contributed by atoms with Crippen molar-refractivity contribution in [3.63, 3.8) is 0 Å². The number of hydrogen-bond donors (Lipinski definition) is 2. The number of guanidine groups is 1. The Bertz CT molecular complexity index is 806. The largest absolute Gasteiger partial charge is 0.376 e. The summed E-state index contributed by atoms with van der Waals surface area (Å²) < 4.78 is 9.97. The fraction of sp³-hybridized carbons (Fsp3) is 0.714. The molecular formula is C21H36N8O. The molecule has 0 saturated carbocycles. The Kier molecular flexibility index (Phi) is 8.24. The fourth-order valence-corrected chi connectivity index (χ4v) is 3.80. The van der Waals surface area contributed by atoms with Crippen LogP contribution in [0.15, 0.2) is 17.4 Å². The van der Waals surface area contributed by atoms with E-state index >= 15 is 0 Å². The summed E-state index contributed by atoms with van der Waals surface area (Å²) >= 11 is 0. The second kappa shape index (κ2) is 11.1. The standard InChI is InChI=1S/C21H36N8O/c1-5-20-26-24-15-28(20)12-10-23-21(25-18(4)19-8-6-13-30-19)22-9-7-11-29-17(3)14-16(2)27-29/h14-15,18-19H,5-13H2,1-4H3,(H2,22,23,25). The van der Waals surface area contributed by atoms with Crippen molar-refractivity contribution in [3.05, 3.63) is 29.6 Å². The third kappa shape index (κ3) is 6.29. The molecule has 2 N–H and O–H groups in total. The van der Waals surface area contributed by atoms with Gasteiger partial charge < -0.3 is 19.9 Å². The molecule has 0 amide bonds. The van der Waals surface area contributed by atoms with Gasteiger partial charge in [-0.3, -0.25) is 9.67 Å². The smallest absolute Gasteiger partial charge is 0.191 e. The first-order valence-corrected chi connectivity index (χ1v) is 11.1. The monoisotopic (exact) mass is 416 g/mol. The second-order valence-corrected chi connectivity index (χ2v) is 7.94. The molecule has 30 heavy (non-hydrogen) atoms. The number of ether oxygens (including phenoxy) is 1. The maximum absolute atomic E-state index is 5.83. The van der Waals surface area contributed by atoms with E-state index < -0.39 is 0 Å². The maximum atomic E-state index is 5.83. The Labute approximate surface area is 179 Å². The molecule has 2 unspecified atom stereocenters. The zero-order valence-electron chi connectivity index (χ0n) is 18.8. The van der Waals surface area contributed by atoms with Gasteiger partial charge in [-0.25, -0.2) is 0 Å². The van der Waals surface area contributed by atoms with Gasteiger partial charge in [0, 0.05) is 44.9 Å². The lowest BCUT2D eigenvalue weighted by Gasteiger charge is -2.23. The topological polar surface area (TPSA) is 94.2 Å². The lowest BCUT2D eigenvalue weighted by Crippen LogP contribution is -2.47. The molecule has 0 radical (unpaired) electrons. The van der Waals surface area contributed by atoms with Gasteiger partial charge >= 0.3 is 0 Å². The average molecular weight is 417 g/mol. The molecule has 0 spiro atoms. The first-order valence-electron chi connectivity index (χ1n) is 11.1. The van der Waals surface area contributed by atoms with Gasteiger partial charge in [-0.2, -0.15) is 5.10 Å². The number of aromatic nitrogens is 5. The van der Waals surface area contributed by atoms with Crippen LogP contribution in [-0.2, 0) is 24.2 Å². The van der Waals surface area contributed by atoms with E-state index in [9.17, 15) is 0 Å². The summed E-state index contributed by atoms with van der Waals surface area (Å²) in [6, 6.07) is 2.33. The summed E-state index contributed by atoms with van der Waals surface area (Å²) in [6.07, 6.45) is 6.08. The molecule has 3 rings (SSSR count). The molecule has 0 bridgehead atoms. The minimum absolute atomic E-state index is 0.218. The molecule has 1 aliphatic heterocycles. The highest BCUT2D eigenvalue weighted by Crippen LogP contribution is 2.15. The van der Waals surface area contributed by atoms with Crippen LogP contribution in [0.2, 0.25) is 0 Å². The summed E-state index contributed by atoms with van der Waals surface area (Å²) in [4.78, 5) is 4.81. The second-order valence-electron chi connectivity index (χ2n) is 7.94. The highest BCUT2D eigenvalue weighted by atomic mass is 16.5. The molecule has 3 heterocycles. The third-order valence-electron chi connectivity index (χ3n) is 5.45. The van der Waals surface area contributed by atoms with Gasteiger partial charge in [0.05, 0.1) is 17.8 Å². The van der Waals surface area contributed by atoms with Crippen molar-refractivity contribution in [1.82, 2.24) is 35.2 Å². The molecule has 2 aromatic rings. The summed E-state index contributed by atoms with van der Waals surface area (Å²) in [5.41, 5.74) is 2.26. The lowest BCUT2D eigenvalue weighted by molar-refractivity contribution is 0.0890. The van der Waals surface area contributed by atoms with E-state index in [1.54, 1.807) is 6.33 Å². The molecule has 1 saturated heterocycles. The van der Waals surface area contributed by atoms with E-state index in [1.165, 1.54) is 5.69 Å². The van der Waals surface area contributed by atoms with Crippen LogP contribution in [0, 0.1) is 13.8 Å².